The van der Waals surface area contributed by atoms with Crippen molar-refractivity contribution in [2.24, 2.45) is 0 Å². The summed E-state index contributed by atoms with van der Waals surface area (Å²) in [5, 5.41) is 4.22. The first kappa shape index (κ1) is 11.7. The molecule has 1 heterocycles. The zero-order valence-electron chi connectivity index (χ0n) is 10.2. The van der Waals surface area contributed by atoms with Crippen LogP contribution in [0.4, 0.5) is 5.69 Å². The van der Waals surface area contributed by atoms with Crippen molar-refractivity contribution in [2.75, 3.05) is 25.0 Å². The van der Waals surface area contributed by atoms with E-state index in [-0.39, 0.29) is 5.54 Å². The fraction of sp³-hybridized carbons (Fsp3) is 0.538. The predicted molar refractivity (Wildman–Crippen MR) is 70.5 cm³/mol. The van der Waals surface area contributed by atoms with E-state index in [1.807, 2.05) is 19.2 Å². The van der Waals surface area contributed by atoms with Crippen LogP contribution in [0.25, 0.3) is 0 Å². The number of nitrogens with one attached hydrogen (secondary N) is 1. The van der Waals surface area contributed by atoms with Gasteiger partial charge in [0.25, 0.3) is 0 Å². The van der Waals surface area contributed by atoms with Crippen LogP contribution in [0, 0.1) is 6.92 Å². The summed E-state index contributed by atoms with van der Waals surface area (Å²) in [5.41, 5.74) is 2.81. The molecule has 1 aliphatic heterocycles. The quantitative estimate of drug-likeness (QED) is 0.853. The smallest absolute Gasteiger partial charge is 0.0410 e. The van der Waals surface area contributed by atoms with Crippen molar-refractivity contribution in [1.82, 2.24) is 5.32 Å². The maximum Gasteiger partial charge on any atom is 0.0410 e. The van der Waals surface area contributed by atoms with E-state index in [1.54, 1.807) is 0 Å². The number of aryl methyl sites for hydroxylation is 1. The Morgan fingerprint density at radius 3 is 2.75 bits per heavy atom. The minimum absolute atomic E-state index is 0.242. The third-order valence-electron chi connectivity index (χ3n) is 3.58. The Balaban J connectivity index is 2.21. The lowest BCUT2D eigenvalue weighted by atomic mass is 10.0. The molecule has 0 spiro atoms. The normalized spacial score (nSPS) is 25.1. The molecule has 0 aromatic heterocycles. The number of likely N-dealkylation sites (N-methyl/N-ethyl adjacent to an activating group) is 1. The van der Waals surface area contributed by atoms with Crippen LogP contribution < -0.4 is 10.2 Å². The molecule has 3 heteroatoms. The van der Waals surface area contributed by atoms with E-state index >= 15 is 0 Å². The van der Waals surface area contributed by atoms with Crippen molar-refractivity contribution in [3.63, 3.8) is 0 Å². The van der Waals surface area contributed by atoms with Gasteiger partial charge in [-0.1, -0.05) is 11.6 Å². The molecule has 0 saturated carbocycles. The first-order valence-corrected chi connectivity index (χ1v) is 6.12. The van der Waals surface area contributed by atoms with Crippen LogP contribution in [0.15, 0.2) is 18.2 Å². The van der Waals surface area contributed by atoms with Crippen molar-refractivity contribution in [3.05, 3.63) is 28.8 Å². The molecular weight excluding hydrogens is 220 g/mol. The Morgan fingerprint density at radius 1 is 1.44 bits per heavy atom. The number of hydrogen-bond acceptors (Lipinski definition) is 2. The summed E-state index contributed by atoms with van der Waals surface area (Å²) in [6.07, 6.45) is 1.19. The molecule has 1 aromatic carbocycles. The second-order valence-corrected chi connectivity index (χ2v) is 5.35. The van der Waals surface area contributed by atoms with E-state index in [9.17, 15) is 0 Å². The molecular formula is C13H19ClN2. The molecule has 0 aliphatic carbocycles. The number of anilines is 1. The van der Waals surface area contributed by atoms with Gasteiger partial charge in [0.1, 0.15) is 0 Å². The highest BCUT2D eigenvalue weighted by molar-refractivity contribution is 6.30. The molecule has 1 saturated heterocycles. The molecule has 2 nitrogen and oxygen atoms in total. The van der Waals surface area contributed by atoms with Crippen LogP contribution in [0.3, 0.4) is 0 Å². The van der Waals surface area contributed by atoms with E-state index in [1.165, 1.54) is 17.7 Å². The van der Waals surface area contributed by atoms with Gasteiger partial charge in [0, 0.05) is 29.3 Å². The first-order chi connectivity index (χ1) is 7.54. The Morgan fingerprint density at radius 2 is 2.19 bits per heavy atom. The lowest BCUT2D eigenvalue weighted by molar-refractivity contribution is 0.428. The summed E-state index contributed by atoms with van der Waals surface area (Å²) in [4.78, 5) is 2.43. The third-order valence-corrected chi connectivity index (χ3v) is 3.81. The highest BCUT2D eigenvalue weighted by Gasteiger charge is 2.32. The van der Waals surface area contributed by atoms with Gasteiger partial charge in [0.05, 0.1) is 0 Å². The highest BCUT2D eigenvalue weighted by atomic mass is 35.5. The summed E-state index contributed by atoms with van der Waals surface area (Å²) in [6, 6.07) is 6.13. The third kappa shape index (κ3) is 2.18. The highest BCUT2D eigenvalue weighted by Crippen LogP contribution is 2.30. The maximum absolute atomic E-state index is 5.98. The minimum Gasteiger partial charge on any atom is -0.369 e. The summed E-state index contributed by atoms with van der Waals surface area (Å²) in [7, 11) is 2.04. The van der Waals surface area contributed by atoms with E-state index in [0.29, 0.717) is 0 Å². The van der Waals surface area contributed by atoms with Crippen molar-refractivity contribution < 1.29 is 0 Å². The van der Waals surface area contributed by atoms with E-state index in [0.717, 1.165) is 18.1 Å². The van der Waals surface area contributed by atoms with Crippen LogP contribution >= 0.6 is 11.6 Å². The minimum atomic E-state index is 0.242. The Bertz CT molecular complexity index is 392. The zero-order valence-corrected chi connectivity index (χ0v) is 10.9. The second-order valence-electron chi connectivity index (χ2n) is 4.91. The molecule has 1 unspecified atom stereocenters. The van der Waals surface area contributed by atoms with Gasteiger partial charge in [-0.05, 0) is 51.1 Å². The summed E-state index contributed by atoms with van der Waals surface area (Å²) in [5.74, 6) is 0. The van der Waals surface area contributed by atoms with Gasteiger partial charge in [-0.3, -0.25) is 0 Å². The Kier molecular flexibility index (Phi) is 3.13. The standard InChI is InChI=1S/C13H19ClN2/c1-10-8-11(14)4-5-12(10)16-7-6-13(2,9-16)15-3/h4-5,8,15H,6-7,9H2,1-3H3. The van der Waals surface area contributed by atoms with Crippen LogP contribution in [0.2, 0.25) is 5.02 Å². The van der Waals surface area contributed by atoms with Gasteiger partial charge < -0.3 is 10.2 Å². The topological polar surface area (TPSA) is 15.3 Å². The van der Waals surface area contributed by atoms with Gasteiger partial charge >= 0.3 is 0 Å². The average Bonchev–Trinajstić information content (AvgIpc) is 2.62. The molecule has 1 aliphatic rings. The van der Waals surface area contributed by atoms with Crippen LogP contribution in [0.1, 0.15) is 18.9 Å². The number of rotatable bonds is 2. The van der Waals surface area contributed by atoms with E-state index in [2.05, 4.69) is 30.1 Å². The molecule has 1 aromatic rings. The molecule has 1 atom stereocenters. The van der Waals surface area contributed by atoms with Crippen LogP contribution in [0.5, 0.6) is 0 Å². The van der Waals surface area contributed by atoms with E-state index < -0.39 is 0 Å². The molecule has 88 valence electrons. The predicted octanol–water partition coefficient (Wildman–Crippen LogP) is 2.84. The molecule has 0 amide bonds. The van der Waals surface area contributed by atoms with Crippen molar-refractivity contribution >= 4 is 17.3 Å². The number of benzene rings is 1. The Hall–Kier alpha value is -0.730. The van der Waals surface area contributed by atoms with Gasteiger partial charge in [-0.15, -0.1) is 0 Å². The monoisotopic (exact) mass is 238 g/mol. The molecule has 1 N–H and O–H groups in total. The van der Waals surface area contributed by atoms with Crippen LogP contribution in [-0.4, -0.2) is 25.7 Å². The summed E-state index contributed by atoms with van der Waals surface area (Å²) < 4.78 is 0. The van der Waals surface area contributed by atoms with Crippen LogP contribution in [-0.2, 0) is 0 Å². The van der Waals surface area contributed by atoms with Crippen molar-refractivity contribution in [3.8, 4) is 0 Å². The molecule has 1 fully saturated rings. The second kappa shape index (κ2) is 4.27. The lowest BCUT2D eigenvalue weighted by Crippen LogP contribution is -2.42. The molecule has 16 heavy (non-hydrogen) atoms. The summed E-state index contributed by atoms with van der Waals surface area (Å²) in [6.45, 7) is 6.57. The van der Waals surface area contributed by atoms with Gasteiger partial charge in [0.2, 0.25) is 0 Å². The van der Waals surface area contributed by atoms with Crippen molar-refractivity contribution in [1.29, 1.82) is 0 Å². The summed E-state index contributed by atoms with van der Waals surface area (Å²) >= 11 is 5.98. The van der Waals surface area contributed by atoms with Gasteiger partial charge in [-0.2, -0.15) is 0 Å². The molecule has 0 bridgehead atoms. The SMILES string of the molecule is CNC1(C)CCN(c2ccc(Cl)cc2C)C1. The largest absolute Gasteiger partial charge is 0.369 e. The number of nitrogens with zero attached hydrogens (tertiary/aromatic N) is 1. The van der Waals surface area contributed by atoms with Gasteiger partial charge in [-0.25, -0.2) is 0 Å². The number of hydrogen-bond donors (Lipinski definition) is 1. The van der Waals surface area contributed by atoms with Crippen molar-refractivity contribution in [2.45, 2.75) is 25.8 Å². The lowest BCUT2D eigenvalue weighted by Gasteiger charge is -2.26. The van der Waals surface area contributed by atoms with E-state index in [4.69, 9.17) is 11.6 Å². The zero-order chi connectivity index (χ0) is 11.8. The molecule has 0 radical (unpaired) electrons. The fourth-order valence-electron chi connectivity index (χ4n) is 2.34. The number of halogens is 1. The van der Waals surface area contributed by atoms with Gasteiger partial charge in [0.15, 0.2) is 0 Å². The first-order valence-electron chi connectivity index (χ1n) is 5.74. The Labute approximate surface area is 103 Å². The fourth-order valence-corrected chi connectivity index (χ4v) is 2.57. The average molecular weight is 239 g/mol. The molecule has 2 rings (SSSR count). The maximum atomic E-state index is 5.98.